The van der Waals surface area contributed by atoms with Crippen LogP contribution >= 0.6 is 23.2 Å². The predicted molar refractivity (Wildman–Crippen MR) is 79.4 cm³/mol. The van der Waals surface area contributed by atoms with Crippen LogP contribution < -0.4 is 10.6 Å². The molecule has 21 heavy (non-hydrogen) atoms. The van der Waals surface area contributed by atoms with Crippen molar-refractivity contribution in [1.29, 1.82) is 0 Å². The van der Waals surface area contributed by atoms with E-state index in [9.17, 15) is 14.0 Å². The first kappa shape index (κ1) is 17.5. The third-order valence-corrected chi connectivity index (χ3v) is 3.45. The van der Waals surface area contributed by atoms with Gasteiger partial charge in [0.2, 0.25) is 0 Å². The molecule has 0 aromatic heterocycles. The lowest BCUT2D eigenvalue weighted by Crippen LogP contribution is -2.37. The van der Waals surface area contributed by atoms with E-state index in [1.54, 1.807) is 13.8 Å². The maximum absolute atomic E-state index is 13.0. The zero-order chi connectivity index (χ0) is 16.2. The molecule has 0 radical (unpaired) electrons. The molecule has 3 N–H and O–H groups in total. The van der Waals surface area contributed by atoms with Gasteiger partial charge >= 0.3 is 12.0 Å². The van der Waals surface area contributed by atoms with Gasteiger partial charge < -0.3 is 15.7 Å². The lowest BCUT2D eigenvalue weighted by Gasteiger charge is -2.17. The SMILES string of the molecule is CC(C)C(CNC(=O)Nc1c(Cl)cc(F)cc1Cl)C(=O)O. The molecule has 0 saturated carbocycles. The highest BCUT2D eigenvalue weighted by atomic mass is 35.5. The Balaban J connectivity index is 2.69. The largest absolute Gasteiger partial charge is 0.481 e. The molecule has 2 amide bonds. The van der Waals surface area contributed by atoms with Crippen LogP contribution in [-0.4, -0.2) is 23.7 Å². The lowest BCUT2D eigenvalue weighted by atomic mass is 9.96. The zero-order valence-electron chi connectivity index (χ0n) is 11.4. The van der Waals surface area contributed by atoms with Crippen LogP contribution in [0.4, 0.5) is 14.9 Å². The Morgan fingerprint density at radius 2 is 1.81 bits per heavy atom. The molecule has 5 nitrogen and oxygen atoms in total. The monoisotopic (exact) mass is 336 g/mol. The molecule has 116 valence electrons. The fourth-order valence-electron chi connectivity index (χ4n) is 1.63. The van der Waals surface area contributed by atoms with Crippen molar-refractivity contribution in [1.82, 2.24) is 5.32 Å². The van der Waals surface area contributed by atoms with Crippen LogP contribution in [0.15, 0.2) is 12.1 Å². The number of carboxylic acids is 1. The first-order valence-electron chi connectivity index (χ1n) is 6.14. The van der Waals surface area contributed by atoms with Crippen LogP contribution in [0.3, 0.4) is 0 Å². The Hall–Kier alpha value is -1.53. The van der Waals surface area contributed by atoms with Crippen molar-refractivity contribution in [2.75, 3.05) is 11.9 Å². The molecule has 1 aromatic carbocycles. The predicted octanol–water partition coefficient (Wildman–Crippen LogP) is 3.61. The number of carbonyl (C=O) groups is 2. The molecule has 0 fully saturated rings. The Morgan fingerprint density at radius 3 is 2.24 bits per heavy atom. The van der Waals surface area contributed by atoms with Gasteiger partial charge in [-0.1, -0.05) is 37.0 Å². The third-order valence-electron chi connectivity index (χ3n) is 2.85. The van der Waals surface area contributed by atoms with Crippen molar-refractivity contribution in [2.24, 2.45) is 11.8 Å². The fourth-order valence-corrected chi connectivity index (χ4v) is 2.19. The van der Waals surface area contributed by atoms with Crippen LogP contribution in [-0.2, 0) is 4.79 Å². The van der Waals surface area contributed by atoms with Gasteiger partial charge in [-0.15, -0.1) is 0 Å². The highest BCUT2D eigenvalue weighted by Gasteiger charge is 2.22. The summed E-state index contributed by atoms with van der Waals surface area (Å²) in [5.74, 6) is -2.47. The normalized spacial score (nSPS) is 12.1. The molecular weight excluding hydrogens is 322 g/mol. The molecule has 1 atom stereocenters. The van der Waals surface area contributed by atoms with Gasteiger partial charge in [0.15, 0.2) is 0 Å². The van der Waals surface area contributed by atoms with Crippen molar-refractivity contribution >= 4 is 40.9 Å². The van der Waals surface area contributed by atoms with E-state index in [2.05, 4.69) is 10.6 Å². The number of amides is 2. The number of aliphatic carboxylic acids is 1. The first-order valence-corrected chi connectivity index (χ1v) is 6.90. The van der Waals surface area contributed by atoms with Gasteiger partial charge in [0.25, 0.3) is 0 Å². The van der Waals surface area contributed by atoms with Gasteiger partial charge in [0, 0.05) is 6.54 Å². The maximum Gasteiger partial charge on any atom is 0.319 e. The van der Waals surface area contributed by atoms with Gasteiger partial charge in [-0.3, -0.25) is 4.79 Å². The first-order chi connectivity index (χ1) is 9.72. The number of carbonyl (C=O) groups excluding carboxylic acids is 1. The molecule has 0 saturated heterocycles. The minimum Gasteiger partial charge on any atom is -0.481 e. The van der Waals surface area contributed by atoms with Crippen molar-refractivity contribution in [3.05, 3.63) is 28.0 Å². The Kier molecular flexibility index (Phi) is 6.23. The average Bonchev–Trinajstić information content (AvgIpc) is 2.33. The summed E-state index contributed by atoms with van der Waals surface area (Å²) in [7, 11) is 0. The van der Waals surface area contributed by atoms with Crippen molar-refractivity contribution in [2.45, 2.75) is 13.8 Å². The number of benzene rings is 1. The number of hydrogen-bond acceptors (Lipinski definition) is 2. The Morgan fingerprint density at radius 1 is 1.29 bits per heavy atom. The second-order valence-corrected chi connectivity index (χ2v) is 5.58. The second-order valence-electron chi connectivity index (χ2n) is 4.77. The van der Waals surface area contributed by atoms with E-state index in [4.69, 9.17) is 28.3 Å². The summed E-state index contributed by atoms with van der Waals surface area (Å²) in [4.78, 5) is 22.7. The fraction of sp³-hybridized carbons (Fsp3) is 0.385. The highest BCUT2D eigenvalue weighted by Crippen LogP contribution is 2.31. The molecule has 0 aliphatic rings. The van der Waals surface area contributed by atoms with E-state index in [0.29, 0.717) is 0 Å². The van der Waals surface area contributed by atoms with Gasteiger partial charge in [-0.25, -0.2) is 9.18 Å². The number of anilines is 1. The number of halogens is 3. The summed E-state index contributed by atoms with van der Waals surface area (Å²) < 4.78 is 13.0. The molecule has 0 heterocycles. The standard InChI is InChI=1S/C13H15Cl2FN2O3/c1-6(2)8(12(19)20)5-17-13(21)18-11-9(14)3-7(16)4-10(11)15/h3-4,6,8H,5H2,1-2H3,(H,19,20)(H2,17,18,21). The molecular formula is C13H15Cl2FN2O3. The van der Waals surface area contributed by atoms with E-state index in [0.717, 1.165) is 12.1 Å². The highest BCUT2D eigenvalue weighted by molar-refractivity contribution is 6.39. The van der Waals surface area contributed by atoms with Crippen LogP contribution in [0, 0.1) is 17.7 Å². The number of hydrogen-bond donors (Lipinski definition) is 3. The van der Waals surface area contributed by atoms with Gasteiger partial charge in [-0.05, 0) is 18.1 Å². The van der Waals surface area contributed by atoms with E-state index in [1.807, 2.05) is 0 Å². The number of urea groups is 1. The average molecular weight is 337 g/mol. The molecule has 0 spiro atoms. The number of rotatable bonds is 5. The van der Waals surface area contributed by atoms with Crippen molar-refractivity contribution in [3.8, 4) is 0 Å². The third kappa shape index (κ3) is 5.06. The molecule has 8 heteroatoms. The van der Waals surface area contributed by atoms with Gasteiger partial charge in [0.1, 0.15) is 5.82 Å². The van der Waals surface area contributed by atoms with Crippen LogP contribution in [0.5, 0.6) is 0 Å². The second kappa shape index (κ2) is 7.47. The minimum atomic E-state index is -0.997. The number of carboxylic acid groups (broad SMARTS) is 1. The molecule has 0 bridgehead atoms. The van der Waals surface area contributed by atoms with E-state index in [-0.39, 0.29) is 28.2 Å². The summed E-state index contributed by atoms with van der Waals surface area (Å²) >= 11 is 11.6. The van der Waals surface area contributed by atoms with E-state index in [1.165, 1.54) is 0 Å². The minimum absolute atomic E-state index is 0.0464. The van der Waals surface area contributed by atoms with Gasteiger partial charge in [0.05, 0.1) is 21.7 Å². The van der Waals surface area contributed by atoms with E-state index < -0.39 is 23.7 Å². The van der Waals surface area contributed by atoms with Crippen LogP contribution in [0.25, 0.3) is 0 Å². The smallest absolute Gasteiger partial charge is 0.319 e. The summed E-state index contributed by atoms with van der Waals surface area (Å²) in [6.45, 7) is 3.44. The molecule has 1 rings (SSSR count). The van der Waals surface area contributed by atoms with Crippen molar-refractivity contribution < 1.29 is 19.1 Å². The van der Waals surface area contributed by atoms with Crippen LogP contribution in [0.1, 0.15) is 13.8 Å². The molecule has 0 aliphatic heterocycles. The summed E-state index contributed by atoms with van der Waals surface area (Å²) in [6, 6.07) is 1.35. The van der Waals surface area contributed by atoms with Crippen molar-refractivity contribution in [3.63, 3.8) is 0 Å². The number of nitrogens with one attached hydrogen (secondary N) is 2. The summed E-state index contributed by atoms with van der Waals surface area (Å²) in [6.07, 6.45) is 0. The summed E-state index contributed by atoms with van der Waals surface area (Å²) in [5, 5.41) is 13.7. The zero-order valence-corrected chi connectivity index (χ0v) is 12.9. The Labute approximate surface area is 131 Å². The van der Waals surface area contributed by atoms with E-state index >= 15 is 0 Å². The molecule has 1 aromatic rings. The molecule has 0 aliphatic carbocycles. The Bertz CT molecular complexity index is 529. The maximum atomic E-state index is 13.0. The summed E-state index contributed by atoms with van der Waals surface area (Å²) in [5.41, 5.74) is 0.0636. The lowest BCUT2D eigenvalue weighted by molar-refractivity contribution is -0.142. The quantitative estimate of drug-likeness (QED) is 0.768. The molecule has 1 unspecified atom stereocenters. The topological polar surface area (TPSA) is 78.4 Å². The van der Waals surface area contributed by atoms with Gasteiger partial charge in [-0.2, -0.15) is 0 Å². The van der Waals surface area contributed by atoms with Crippen LogP contribution in [0.2, 0.25) is 10.0 Å².